The highest BCUT2D eigenvalue weighted by atomic mass is 79.9. The summed E-state index contributed by atoms with van der Waals surface area (Å²) in [4.78, 5) is 14.3. The fourth-order valence-corrected chi connectivity index (χ4v) is 2.89. The summed E-state index contributed by atoms with van der Waals surface area (Å²) in [6, 6.07) is 11.3. The highest BCUT2D eigenvalue weighted by molar-refractivity contribution is 9.10. The fraction of sp³-hybridized carbons (Fsp3) is 0.353. The smallest absolute Gasteiger partial charge is 0.274 e. The molecule has 0 radical (unpaired) electrons. The van der Waals surface area contributed by atoms with Crippen LogP contribution in [0.3, 0.4) is 0 Å². The molecule has 0 spiro atoms. The van der Waals surface area contributed by atoms with Gasteiger partial charge in [-0.1, -0.05) is 28.8 Å². The molecule has 1 saturated heterocycles. The molecule has 1 aliphatic heterocycles. The number of aromatic nitrogens is 2. The Kier molecular flexibility index (Phi) is 5.23. The second-order valence-electron chi connectivity index (χ2n) is 5.64. The van der Waals surface area contributed by atoms with Gasteiger partial charge in [0, 0.05) is 23.2 Å². The molecule has 2 heterocycles. The Balaban J connectivity index is 1.66. The Morgan fingerprint density at radius 1 is 0.957 bits per heavy atom. The number of carbonyl (C=O) groups is 1. The van der Waals surface area contributed by atoms with E-state index in [9.17, 15) is 4.79 Å². The molecule has 0 saturated carbocycles. The zero-order chi connectivity index (χ0) is 16.1. The Morgan fingerprint density at radius 3 is 2.26 bits per heavy atom. The maximum absolute atomic E-state index is 12.5. The molecular weight excluding hydrogens is 356 g/mol. The van der Waals surface area contributed by atoms with Crippen LogP contribution in [0.15, 0.2) is 40.9 Å². The number of hydrogen-bond acceptors (Lipinski definition) is 4. The van der Waals surface area contributed by atoms with E-state index in [1.807, 2.05) is 29.2 Å². The van der Waals surface area contributed by atoms with Crippen LogP contribution in [0, 0.1) is 0 Å². The summed E-state index contributed by atoms with van der Waals surface area (Å²) < 4.78 is 1.02. The summed E-state index contributed by atoms with van der Waals surface area (Å²) in [6.45, 7) is 1.64. The molecule has 0 atom stereocenters. The lowest BCUT2D eigenvalue weighted by molar-refractivity contribution is 0.0754. The predicted molar refractivity (Wildman–Crippen MR) is 93.8 cm³/mol. The highest BCUT2D eigenvalue weighted by Crippen LogP contribution is 2.18. The third-order valence-electron chi connectivity index (χ3n) is 3.89. The van der Waals surface area contributed by atoms with E-state index in [1.54, 1.807) is 12.1 Å². The van der Waals surface area contributed by atoms with Crippen LogP contribution in [0.25, 0.3) is 0 Å². The Bertz CT molecular complexity index is 649. The van der Waals surface area contributed by atoms with Gasteiger partial charge in [-0.3, -0.25) is 4.79 Å². The molecule has 2 aromatic rings. The number of carbonyl (C=O) groups excluding carboxylic acids is 1. The van der Waals surface area contributed by atoms with E-state index in [-0.39, 0.29) is 5.91 Å². The zero-order valence-electron chi connectivity index (χ0n) is 12.8. The minimum absolute atomic E-state index is 0.0189. The largest absolute Gasteiger partial charge is 0.339 e. The molecule has 1 aromatic carbocycles. The molecule has 0 bridgehead atoms. The van der Waals surface area contributed by atoms with Crippen molar-refractivity contribution in [2.75, 3.05) is 18.4 Å². The van der Waals surface area contributed by atoms with E-state index < -0.39 is 0 Å². The molecule has 1 aromatic heterocycles. The Hall–Kier alpha value is -1.95. The molecule has 6 heteroatoms. The number of hydrogen-bond donors (Lipinski definition) is 1. The SMILES string of the molecule is O=C(c1ccc(Nc2ccc(Br)cc2)nn1)N1CCCCCC1. The van der Waals surface area contributed by atoms with E-state index in [0.717, 1.165) is 36.1 Å². The van der Waals surface area contributed by atoms with Crippen molar-refractivity contribution in [2.24, 2.45) is 0 Å². The van der Waals surface area contributed by atoms with Crippen LogP contribution < -0.4 is 5.32 Å². The fourth-order valence-electron chi connectivity index (χ4n) is 2.63. The van der Waals surface area contributed by atoms with Crippen molar-refractivity contribution in [1.29, 1.82) is 0 Å². The number of benzene rings is 1. The van der Waals surface area contributed by atoms with E-state index in [2.05, 4.69) is 31.4 Å². The van der Waals surface area contributed by atoms with Crippen LogP contribution in [-0.2, 0) is 0 Å². The molecular formula is C17H19BrN4O. The van der Waals surface area contributed by atoms with Gasteiger partial charge in [-0.2, -0.15) is 0 Å². The monoisotopic (exact) mass is 374 g/mol. The first-order valence-corrected chi connectivity index (χ1v) is 8.67. The van der Waals surface area contributed by atoms with Gasteiger partial charge in [0.2, 0.25) is 0 Å². The number of halogens is 1. The summed E-state index contributed by atoms with van der Waals surface area (Å²) in [5.74, 6) is 0.606. The maximum Gasteiger partial charge on any atom is 0.274 e. The second-order valence-corrected chi connectivity index (χ2v) is 6.56. The predicted octanol–water partition coefficient (Wildman–Crippen LogP) is 4.00. The third kappa shape index (κ3) is 4.28. The summed E-state index contributed by atoms with van der Waals surface area (Å²) in [5.41, 5.74) is 1.34. The summed E-state index contributed by atoms with van der Waals surface area (Å²) in [7, 11) is 0. The second kappa shape index (κ2) is 7.55. The van der Waals surface area contributed by atoms with Gasteiger partial charge in [-0.25, -0.2) is 0 Å². The maximum atomic E-state index is 12.5. The Labute approximate surface area is 144 Å². The van der Waals surface area contributed by atoms with Gasteiger partial charge in [-0.05, 0) is 49.2 Å². The van der Waals surface area contributed by atoms with Crippen molar-refractivity contribution in [3.8, 4) is 0 Å². The Morgan fingerprint density at radius 2 is 1.65 bits per heavy atom. The first-order chi connectivity index (χ1) is 11.2. The van der Waals surface area contributed by atoms with Gasteiger partial charge in [0.05, 0.1) is 0 Å². The molecule has 3 rings (SSSR count). The van der Waals surface area contributed by atoms with Crippen molar-refractivity contribution >= 4 is 33.3 Å². The minimum atomic E-state index is -0.0189. The average Bonchev–Trinajstić information content (AvgIpc) is 2.86. The van der Waals surface area contributed by atoms with Crippen molar-refractivity contribution in [3.05, 3.63) is 46.6 Å². The van der Waals surface area contributed by atoms with Gasteiger partial charge >= 0.3 is 0 Å². The minimum Gasteiger partial charge on any atom is -0.339 e. The summed E-state index contributed by atoms with van der Waals surface area (Å²) in [6.07, 6.45) is 4.54. The molecule has 1 amide bonds. The van der Waals surface area contributed by atoms with Crippen LogP contribution in [0.5, 0.6) is 0 Å². The van der Waals surface area contributed by atoms with Gasteiger partial charge in [0.25, 0.3) is 5.91 Å². The van der Waals surface area contributed by atoms with Gasteiger partial charge in [0.1, 0.15) is 0 Å². The molecule has 0 unspecified atom stereocenters. The molecule has 1 aliphatic rings. The van der Waals surface area contributed by atoms with Crippen LogP contribution >= 0.6 is 15.9 Å². The third-order valence-corrected chi connectivity index (χ3v) is 4.42. The molecule has 1 fully saturated rings. The number of anilines is 2. The highest BCUT2D eigenvalue weighted by Gasteiger charge is 2.18. The van der Waals surface area contributed by atoms with Crippen LogP contribution in [-0.4, -0.2) is 34.1 Å². The molecule has 23 heavy (non-hydrogen) atoms. The molecule has 0 aliphatic carbocycles. The van der Waals surface area contributed by atoms with Crippen molar-refractivity contribution in [2.45, 2.75) is 25.7 Å². The van der Waals surface area contributed by atoms with E-state index >= 15 is 0 Å². The zero-order valence-corrected chi connectivity index (χ0v) is 14.4. The van der Waals surface area contributed by atoms with Gasteiger partial charge < -0.3 is 10.2 Å². The standard InChI is InChI=1S/C17H19BrN4O/c18-13-5-7-14(8-6-13)19-16-10-9-15(20-21-16)17(23)22-11-3-1-2-4-12-22/h5-10H,1-4,11-12H2,(H,19,21). The molecule has 1 N–H and O–H groups in total. The van der Waals surface area contributed by atoms with E-state index in [4.69, 9.17) is 0 Å². The van der Waals surface area contributed by atoms with E-state index in [0.29, 0.717) is 11.5 Å². The molecule has 120 valence electrons. The quantitative estimate of drug-likeness (QED) is 0.881. The number of rotatable bonds is 3. The summed E-state index contributed by atoms with van der Waals surface area (Å²) >= 11 is 3.40. The lowest BCUT2D eigenvalue weighted by Gasteiger charge is -2.19. The summed E-state index contributed by atoms with van der Waals surface area (Å²) in [5, 5.41) is 11.4. The lowest BCUT2D eigenvalue weighted by atomic mass is 10.2. The number of amides is 1. The first kappa shape index (κ1) is 15.9. The first-order valence-electron chi connectivity index (χ1n) is 7.88. The number of nitrogens with one attached hydrogen (secondary N) is 1. The van der Waals surface area contributed by atoms with Gasteiger partial charge in [-0.15, -0.1) is 10.2 Å². The van der Waals surface area contributed by atoms with Crippen LogP contribution in [0.4, 0.5) is 11.5 Å². The number of nitrogens with zero attached hydrogens (tertiary/aromatic N) is 3. The van der Waals surface area contributed by atoms with Crippen molar-refractivity contribution in [3.63, 3.8) is 0 Å². The normalized spacial score (nSPS) is 15.1. The number of likely N-dealkylation sites (tertiary alicyclic amines) is 1. The average molecular weight is 375 g/mol. The van der Waals surface area contributed by atoms with Crippen molar-refractivity contribution in [1.82, 2.24) is 15.1 Å². The lowest BCUT2D eigenvalue weighted by Crippen LogP contribution is -2.32. The van der Waals surface area contributed by atoms with Crippen LogP contribution in [0.2, 0.25) is 0 Å². The van der Waals surface area contributed by atoms with Gasteiger partial charge in [0.15, 0.2) is 11.5 Å². The topological polar surface area (TPSA) is 58.1 Å². The van der Waals surface area contributed by atoms with Crippen LogP contribution in [0.1, 0.15) is 36.2 Å². The molecule has 5 nitrogen and oxygen atoms in total. The van der Waals surface area contributed by atoms with Crippen molar-refractivity contribution < 1.29 is 4.79 Å². The van der Waals surface area contributed by atoms with E-state index in [1.165, 1.54) is 12.8 Å².